The van der Waals surface area contributed by atoms with Crippen molar-refractivity contribution in [1.82, 2.24) is 10.6 Å². The van der Waals surface area contributed by atoms with Crippen LogP contribution in [0.25, 0.3) is 0 Å². The summed E-state index contributed by atoms with van der Waals surface area (Å²) in [5.41, 5.74) is 0. The summed E-state index contributed by atoms with van der Waals surface area (Å²) in [7, 11) is 0. The van der Waals surface area contributed by atoms with Crippen LogP contribution in [0.4, 0.5) is 0 Å². The summed E-state index contributed by atoms with van der Waals surface area (Å²) in [6.45, 7) is 1.60. The van der Waals surface area contributed by atoms with Gasteiger partial charge in [0, 0.05) is 25.0 Å². The Morgan fingerprint density at radius 1 is 1.31 bits per heavy atom. The number of hydrogen-bond donors (Lipinski definition) is 2. The fourth-order valence-corrected chi connectivity index (χ4v) is 2.46. The molecule has 2 N–H and O–H groups in total. The molecule has 0 unspecified atom stereocenters. The highest BCUT2D eigenvalue weighted by atomic mass is 35.5. The lowest BCUT2D eigenvalue weighted by atomic mass is 10.00. The number of amides is 1. The molecule has 0 radical (unpaired) electrons. The summed E-state index contributed by atoms with van der Waals surface area (Å²) < 4.78 is 0. The van der Waals surface area contributed by atoms with Crippen molar-refractivity contribution in [2.75, 3.05) is 0 Å². The van der Waals surface area contributed by atoms with Gasteiger partial charge in [-0.15, -0.1) is 12.4 Å². The van der Waals surface area contributed by atoms with Crippen LogP contribution < -0.4 is 10.6 Å². The molecule has 0 spiro atoms. The van der Waals surface area contributed by atoms with E-state index in [0.717, 1.165) is 12.8 Å². The maximum absolute atomic E-state index is 10.8. The Kier molecular flexibility index (Phi) is 3.56. The van der Waals surface area contributed by atoms with Crippen molar-refractivity contribution < 1.29 is 4.79 Å². The van der Waals surface area contributed by atoms with Gasteiger partial charge in [0.2, 0.25) is 5.91 Å². The van der Waals surface area contributed by atoms with Crippen LogP contribution in [0, 0.1) is 0 Å². The number of hydrogen-bond acceptors (Lipinski definition) is 2. The van der Waals surface area contributed by atoms with Crippen molar-refractivity contribution in [3.05, 3.63) is 0 Å². The van der Waals surface area contributed by atoms with Crippen molar-refractivity contribution in [3.63, 3.8) is 0 Å². The van der Waals surface area contributed by atoms with Crippen LogP contribution in [-0.4, -0.2) is 24.0 Å². The van der Waals surface area contributed by atoms with Crippen LogP contribution in [0.3, 0.4) is 0 Å². The first-order chi connectivity index (χ1) is 5.74. The number of carbonyl (C=O) groups is 1. The number of halogens is 1. The molecular formula is C9H17ClN2O. The van der Waals surface area contributed by atoms with Crippen LogP contribution in [0.1, 0.15) is 32.6 Å². The summed E-state index contributed by atoms with van der Waals surface area (Å²) >= 11 is 0. The summed E-state index contributed by atoms with van der Waals surface area (Å²) in [5.74, 6) is 0.112. The third-order valence-corrected chi connectivity index (χ3v) is 2.88. The zero-order valence-electron chi connectivity index (χ0n) is 7.88. The van der Waals surface area contributed by atoms with Gasteiger partial charge in [0.05, 0.1) is 0 Å². The first-order valence-electron chi connectivity index (χ1n) is 4.77. The molecule has 0 aliphatic carbocycles. The quantitative estimate of drug-likeness (QED) is 0.665. The van der Waals surface area contributed by atoms with Crippen molar-refractivity contribution in [1.29, 1.82) is 0 Å². The zero-order valence-corrected chi connectivity index (χ0v) is 8.69. The van der Waals surface area contributed by atoms with Gasteiger partial charge >= 0.3 is 0 Å². The van der Waals surface area contributed by atoms with E-state index in [4.69, 9.17) is 0 Å². The molecule has 2 saturated heterocycles. The van der Waals surface area contributed by atoms with E-state index in [0.29, 0.717) is 18.1 Å². The fourth-order valence-electron chi connectivity index (χ4n) is 2.46. The van der Waals surface area contributed by atoms with Gasteiger partial charge in [-0.25, -0.2) is 0 Å². The van der Waals surface area contributed by atoms with Crippen LogP contribution >= 0.6 is 12.4 Å². The van der Waals surface area contributed by atoms with Crippen LogP contribution in [0.5, 0.6) is 0 Å². The largest absolute Gasteiger partial charge is 0.353 e. The van der Waals surface area contributed by atoms with Crippen molar-refractivity contribution in [3.8, 4) is 0 Å². The minimum atomic E-state index is 0. The van der Waals surface area contributed by atoms with E-state index in [2.05, 4.69) is 10.6 Å². The molecule has 3 atom stereocenters. The number of piperidine rings is 1. The topological polar surface area (TPSA) is 41.1 Å². The van der Waals surface area contributed by atoms with Crippen molar-refractivity contribution >= 4 is 18.3 Å². The highest BCUT2D eigenvalue weighted by Crippen LogP contribution is 2.26. The Labute approximate surface area is 85.1 Å². The van der Waals surface area contributed by atoms with E-state index in [1.807, 2.05) is 0 Å². The Bertz CT molecular complexity index is 186. The van der Waals surface area contributed by atoms with E-state index in [1.165, 1.54) is 12.8 Å². The molecule has 1 amide bonds. The van der Waals surface area contributed by atoms with Gasteiger partial charge in [-0.1, -0.05) is 0 Å². The predicted octanol–water partition coefficient (Wildman–Crippen LogP) is 0.827. The Balaban J connectivity index is 0.000000845. The van der Waals surface area contributed by atoms with Gasteiger partial charge < -0.3 is 10.6 Å². The number of rotatable bonds is 1. The number of carbonyl (C=O) groups excluding carboxylic acids is 1. The standard InChI is InChI=1S/C9H16N2O.ClH/c1-6(12)10-9-4-7-2-3-8(5-9)11-7;/h7-9,11H,2-5H2,1H3,(H,10,12);1H/t7-,8+,9+;. The Hall–Kier alpha value is -0.280. The molecule has 0 aromatic heterocycles. The van der Waals surface area contributed by atoms with Crippen LogP contribution in [-0.2, 0) is 4.79 Å². The van der Waals surface area contributed by atoms with Crippen LogP contribution in [0.2, 0.25) is 0 Å². The van der Waals surface area contributed by atoms with E-state index in [9.17, 15) is 4.79 Å². The molecule has 2 rings (SSSR count). The summed E-state index contributed by atoms with van der Waals surface area (Å²) in [6.07, 6.45) is 4.83. The molecular weight excluding hydrogens is 188 g/mol. The molecule has 2 aliphatic heterocycles. The lowest BCUT2D eigenvalue weighted by Crippen LogP contribution is -2.47. The van der Waals surface area contributed by atoms with E-state index < -0.39 is 0 Å². The number of nitrogens with one attached hydrogen (secondary N) is 2. The number of fused-ring (bicyclic) bond motifs is 2. The normalized spacial score (nSPS) is 36.5. The monoisotopic (exact) mass is 204 g/mol. The SMILES string of the molecule is CC(=O)N[C@H]1C[C@H]2CC[C@@H](C1)N2.Cl. The highest BCUT2D eigenvalue weighted by Gasteiger charge is 2.33. The zero-order chi connectivity index (χ0) is 8.55. The van der Waals surface area contributed by atoms with Gasteiger partial charge in [-0.3, -0.25) is 4.79 Å². The van der Waals surface area contributed by atoms with Gasteiger partial charge in [0.15, 0.2) is 0 Å². The lowest BCUT2D eigenvalue weighted by molar-refractivity contribution is -0.119. The average molecular weight is 205 g/mol. The first kappa shape index (κ1) is 10.8. The summed E-state index contributed by atoms with van der Waals surface area (Å²) in [4.78, 5) is 10.8. The maximum atomic E-state index is 10.8. The van der Waals surface area contributed by atoms with E-state index >= 15 is 0 Å². The molecule has 2 aliphatic rings. The molecule has 2 bridgehead atoms. The molecule has 4 heteroatoms. The highest BCUT2D eigenvalue weighted by molar-refractivity contribution is 5.85. The molecule has 13 heavy (non-hydrogen) atoms. The Morgan fingerprint density at radius 2 is 1.85 bits per heavy atom. The van der Waals surface area contributed by atoms with Gasteiger partial charge in [-0.2, -0.15) is 0 Å². The lowest BCUT2D eigenvalue weighted by Gasteiger charge is -2.29. The van der Waals surface area contributed by atoms with Crippen LogP contribution in [0.15, 0.2) is 0 Å². The molecule has 0 saturated carbocycles. The predicted molar refractivity (Wildman–Crippen MR) is 54.0 cm³/mol. The van der Waals surface area contributed by atoms with Gasteiger partial charge in [0.25, 0.3) is 0 Å². The Morgan fingerprint density at radius 3 is 2.31 bits per heavy atom. The average Bonchev–Trinajstić information content (AvgIpc) is 2.29. The van der Waals surface area contributed by atoms with Crippen molar-refractivity contribution in [2.45, 2.75) is 50.7 Å². The summed E-state index contributed by atoms with van der Waals surface area (Å²) in [6, 6.07) is 1.77. The molecule has 76 valence electrons. The second-order valence-electron chi connectivity index (χ2n) is 4.01. The third kappa shape index (κ3) is 2.58. The minimum Gasteiger partial charge on any atom is -0.353 e. The van der Waals surface area contributed by atoms with Gasteiger partial charge in [-0.05, 0) is 25.7 Å². The van der Waals surface area contributed by atoms with E-state index in [1.54, 1.807) is 6.92 Å². The maximum Gasteiger partial charge on any atom is 0.217 e. The minimum absolute atomic E-state index is 0. The molecule has 0 aromatic carbocycles. The smallest absolute Gasteiger partial charge is 0.217 e. The second-order valence-corrected chi connectivity index (χ2v) is 4.01. The first-order valence-corrected chi connectivity index (χ1v) is 4.77. The summed E-state index contributed by atoms with van der Waals surface area (Å²) in [5, 5.41) is 6.55. The van der Waals surface area contributed by atoms with E-state index in [-0.39, 0.29) is 18.3 Å². The molecule has 2 fully saturated rings. The van der Waals surface area contributed by atoms with Crippen molar-refractivity contribution in [2.24, 2.45) is 0 Å². The third-order valence-electron chi connectivity index (χ3n) is 2.88. The molecule has 3 nitrogen and oxygen atoms in total. The second kappa shape index (κ2) is 4.29. The fraction of sp³-hybridized carbons (Fsp3) is 0.889. The molecule has 2 heterocycles. The van der Waals surface area contributed by atoms with Gasteiger partial charge in [0.1, 0.15) is 0 Å². The molecule has 0 aromatic rings.